The van der Waals surface area contributed by atoms with Crippen LogP contribution in [0, 0.1) is 11.8 Å². The largest absolute Gasteiger partial charge is 0.495 e. The number of aromatic nitrogens is 1. The molecule has 2 atom stereocenters. The van der Waals surface area contributed by atoms with Crippen LogP contribution in [0.25, 0.3) is 10.6 Å². The summed E-state index contributed by atoms with van der Waals surface area (Å²) in [4.78, 5) is 15.5. The molecule has 0 aliphatic heterocycles. The minimum Gasteiger partial charge on any atom is -0.495 e. The van der Waals surface area contributed by atoms with Crippen molar-refractivity contribution in [3.8, 4) is 16.3 Å². The lowest BCUT2D eigenvalue weighted by atomic mass is 9.77. The number of nitrogens with one attached hydrogen (secondary N) is 1. The van der Waals surface area contributed by atoms with Crippen LogP contribution in [0.15, 0.2) is 65.0 Å². The van der Waals surface area contributed by atoms with Crippen molar-refractivity contribution in [1.82, 2.24) is 4.98 Å². The molecule has 9 heteroatoms. The number of aryl methyl sites for hydroxylation is 1. The molecule has 1 aliphatic carbocycles. The van der Waals surface area contributed by atoms with Crippen LogP contribution in [0.4, 0.5) is 5.69 Å². The van der Waals surface area contributed by atoms with Gasteiger partial charge in [0.25, 0.3) is 10.0 Å². The lowest BCUT2D eigenvalue weighted by molar-refractivity contribution is 0.0696. The zero-order chi connectivity index (χ0) is 25.9. The molecule has 2 aromatic carbocycles. The van der Waals surface area contributed by atoms with Crippen molar-refractivity contribution in [3.05, 3.63) is 71.1 Å². The Morgan fingerprint density at radius 2 is 1.97 bits per heavy atom. The second-order valence-electron chi connectivity index (χ2n) is 9.42. The van der Waals surface area contributed by atoms with E-state index in [0.717, 1.165) is 31.2 Å². The summed E-state index contributed by atoms with van der Waals surface area (Å²) in [5, 5.41) is 11.1. The third-order valence-electron chi connectivity index (χ3n) is 6.44. The SMILES string of the molecule is C=C1CC(C)CC(CCc2ccc(-c3nc(S(=O)(=O)Nc4ccc(C(=O)O)cc4OC)cs3)cc2)C1. The van der Waals surface area contributed by atoms with Crippen molar-refractivity contribution in [3.63, 3.8) is 0 Å². The number of sulfonamides is 1. The highest BCUT2D eigenvalue weighted by atomic mass is 32.2. The molecule has 1 aromatic heterocycles. The Bertz CT molecular complexity index is 1360. The van der Waals surface area contributed by atoms with E-state index in [1.165, 1.54) is 59.6 Å². The van der Waals surface area contributed by atoms with Gasteiger partial charge in [0.2, 0.25) is 0 Å². The standard InChI is InChI=1S/C27H30N2O5S2/c1-17-12-18(2)14-20(13-17)5-4-19-6-8-21(9-7-19)26-28-25(16-35-26)36(32,33)29-23-11-10-22(27(30)31)15-24(23)34-3/h6-11,15-16,18,20,29H,1,4-5,12-14H2,2-3H3,(H,30,31). The van der Waals surface area contributed by atoms with Gasteiger partial charge in [0.1, 0.15) is 10.8 Å². The summed E-state index contributed by atoms with van der Waals surface area (Å²) in [6.45, 7) is 6.50. The van der Waals surface area contributed by atoms with Crippen LogP contribution in [-0.2, 0) is 16.4 Å². The van der Waals surface area contributed by atoms with Crippen LogP contribution in [0.1, 0.15) is 48.5 Å². The number of carboxylic acids is 1. The third kappa shape index (κ3) is 6.14. The predicted molar refractivity (Wildman–Crippen MR) is 142 cm³/mol. The molecule has 7 nitrogen and oxygen atoms in total. The van der Waals surface area contributed by atoms with E-state index in [-0.39, 0.29) is 22.0 Å². The Hall–Kier alpha value is -3.17. The quantitative estimate of drug-likeness (QED) is 0.320. The molecule has 190 valence electrons. The molecule has 3 aromatic rings. The Morgan fingerprint density at radius 3 is 2.64 bits per heavy atom. The number of anilines is 1. The van der Waals surface area contributed by atoms with Gasteiger partial charge in [-0.1, -0.05) is 43.3 Å². The van der Waals surface area contributed by atoms with Gasteiger partial charge in [-0.05, 0) is 67.7 Å². The third-order valence-corrected chi connectivity index (χ3v) is 8.73. The minimum atomic E-state index is -3.99. The first-order valence-electron chi connectivity index (χ1n) is 11.8. The van der Waals surface area contributed by atoms with Gasteiger partial charge in [0.05, 0.1) is 18.4 Å². The molecule has 0 bridgehead atoms. The monoisotopic (exact) mass is 526 g/mol. The first kappa shape index (κ1) is 25.9. The van der Waals surface area contributed by atoms with Crippen molar-refractivity contribution in [2.45, 2.75) is 44.1 Å². The van der Waals surface area contributed by atoms with Crippen molar-refractivity contribution in [2.24, 2.45) is 11.8 Å². The lowest BCUT2D eigenvalue weighted by Gasteiger charge is -2.28. The Kier molecular flexibility index (Phi) is 7.80. The van der Waals surface area contributed by atoms with Gasteiger partial charge < -0.3 is 9.84 Å². The van der Waals surface area contributed by atoms with Gasteiger partial charge in [-0.3, -0.25) is 4.72 Å². The molecule has 2 unspecified atom stereocenters. The topological polar surface area (TPSA) is 106 Å². The summed E-state index contributed by atoms with van der Waals surface area (Å²) in [5.41, 5.74) is 3.61. The molecule has 36 heavy (non-hydrogen) atoms. The van der Waals surface area contributed by atoms with Gasteiger partial charge in [-0.2, -0.15) is 8.42 Å². The molecule has 0 saturated heterocycles. The van der Waals surface area contributed by atoms with Crippen molar-refractivity contribution in [1.29, 1.82) is 0 Å². The maximum Gasteiger partial charge on any atom is 0.335 e. The van der Waals surface area contributed by atoms with Crippen LogP contribution < -0.4 is 9.46 Å². The van der Waals surface area contributed by atoms with E-state index in [4.69, 9.17) is 9.84 Å². The van der Waals surface area contributed by atoms with Crippen molar-refractivity contribution in [2.75, 3.05) is 11.8 Å². The summed E-state index contributed by atoms with van der Waals surface area (Å²) in [5.74, 6) is 0.386. The van der Waals surface area contributed by atoms with Crippen molar-refractivity contribution < 1.29 is 23.1 Å². The van der Waals surface area contributed by atoms with Gasteiger partial charge in [-0.15, -0.1) is 11.3 Å². The zero-order valence-corrected chi connectivity index (χ0v) is 22.0. The molecule has 1 saturated carbocycles. The fourth-order valence-electron chi connectivity index (χ4n) is 4.75. The van der Waals surface area contributed by atoms with E-state index in [0.29, 0.717) is 16.8 Å². The van der Waals surface area contributed by atoms with Gasteiger partial charge in [-0.25, -0.2) is 9.78 Å². The molecule has 1 fully saturated rings. The maximum absolute atomic E-state index is 12.9. The first-order valence-corrected chi connectivity index (χ1v) is 14.2. The number of hydrogen-bond donors (Lipinski definition) is 2. The first-order chi connectivity index (χ1) is 17.1. The predicted octanol–water partition coefficient (Wildman–Crippen LogP) is 6.24. The summed E-state index contributed by atoms with van der Waals surface area (Å²) in [7, 11) is -2.65. The van der Waals surface area contributed by atoms with E-state index in [9.17, 15) is 13.2 Å². The molecule has 4 rings (SSSR count). The fraction of sp³-hybridized carbons (Fsp3) is 0.333. The summed E-state index contributed by atoms with van der Waals surface area (Å²) >= 11 is 1.25. The van der Waals surface area contributed by atoms with Gasteiger partial charge >= 0.3 is 5.97 Å². The number of allylic oxidation sites excluding steroid dienone is 1. The molecule has 1 heterocycles. The molecular formula is C27H30N2O5S2. The number of aromatic carboxylic acids is 1. The molecule has 1 aliphatic rings. The summed E-state index contributed by atoms with van der Waals surface area (Å²) in [6.07, 6.45) is 5.69. The lowest BCUT2D eigenvalue weighted by Crippen LogP contribution is -2.15. The van der Waals surface area contributed by atoms with Crippen LogP contribution in [0.3, 0.4) is 0 Å². The van der Waals surface area contributed by atoms with Crippen molar-refractivity contribution >= 4 is 33.0 Å². The van der Waals surface area contributed by atoms with Gasteiger partial charge in [0.15, 0.2) is 5.03 Å². The number of nitrogens with zero attached hydrogens (tertiary/aromatic N) is 1. The summed E-state index contributed by atoms with van der Waals surface area (Å²) < 4.78 is 33.4. The Morgan fingerprint density at radius 1 is 1.22 bits per heavy atom. The van der Waals surface area contributed by atoms with Crippen LogP contribution >= 0.6 is 11.3 Å². The Labute approximate surface area is 215 Å². The number of ether oxygens (including phenoxy) is 1. The number of methoxy groups -OCH3 is 1. The van der Waals surface area contributed by atoms with E-state index in [1.54, 1.807) is 0 Å². The smallest absolute Gasteiger partial charge is 0.335 e. The number of rotatable bonds is 9. The van der Waals surface area contributed by atoms with E-state index >= 15 is 0 Å². The van der Waals surface area contributed by atoms with E-state index in [2.05, 4.69) is 35.3 Å². The van der Waals surface area contributed by atoms with Crippen LogP contribution in [0.5, 0.6) is 5.75 Å². The van der Waals surface area contributed by atoms with Crippen LogP contribution in [0.2, 0.25) is 0 Å². The maximum atomic E-state index is 12.9. The fourth-order valence-corrected chi connectivity index (χ4v) is 6.92. The number of thiazole rings is 1. The molecular weight excluding hydrogens is 496 g/mol. The van der Waals surface area contributed by atoms with Gasteiger partial charge in [0, 0.05) is 10.9 Å². The number of carboxylic acid groups (broad SMARTS) is 1. The summed E-state index contributed by atoms with van der Waals surface area (Å²) in [6, 6.07) is 12.1. The average molecular weight is 527 g/mol. The highest BCUT2D eigenvalue weighted by molar-refractivity contribution is 7.92. The average Bonchev–Trinajstić information content (AvgIpc) is 3.34. The second kappa shape index (κ2) is 10.8. The number of hydrogen-bond acceptors (Lipinski definition) is 6. The highest BCUT2D eigenvalue weighted by Crippen LogP contribution is 2.35. The molecule has 2 N–H and O–H groups in total. The molecule has 0 spiro atoms. The van der Waals surface area contributed by atoms with E-state index < -0.39 is 16.0 Å². The zero-order valence-electron chi connectivity index (χ0n) is 20.4. The molecule has 0 amide bonds. The number of benzene rings is 2. The van der Waals surface area contributed by atoms with Crippen LogP contribution in [-0.4, -0.2) is 31.6 Å². The highest BCUT2D eigenvalue weighted by Gasteiger charge is 2.22. The second-order valence-corrected chi connectivity index (χ2v) is 11.9. The molecule has 0 radical (unpaired) electrons. The van der Waals surface area contributed by atoms with E-state index in [1.807, 2.05) is 12.1 Å². The minimum absolute atomic E-state index is 0.00653. The number of carbonyl (C=O) groups is 1. The Balaban J connectivity index is 1.43. The normalized spacial score (nSPS) is 18.1.